The summed E-state index contributed by atoms with van der Waals surface area (Å²) >= 11 is 0. The quantitative estimate of drug-likeness (QED) is 0.184. The molecule has 0 aliphatic rings. The van der Waals surface area contributed by atoms with Crippen molar-refractivity contribution in [2.24, 2.45) is 0 Å². The SMILES string of the molecule is CCC(CCC[C@@H](C(=O)OC)N(C(=O)OC(C)(C)C)C(=O)OC(C)(C)C)NC(=O)[C@@H](NC(=O)OC)C(c1ccccc1)c1ccccc1. The molecule has 4 amide bonds. The van der Waals surface area contributed by atoms with Crippen molar-refractivity contribution in [2.45, 2.75) is 109 Å². The van der Waals surface area contributed by atoms with Crippen LogP contribution < -0.4 is 10.6 Å². The van der Waals surface area contributed by atoms with E-state index in [9.17, 15) is 24.0 Å². The van der Waals surface area contributed by atoms with Crippen molar-refractivity contribution in [3.05, 3.63) is 71.8 Å². The number of imide groups is 1. The molecule has 0 saturated heterocycles. The van der Waals surface area contributed by atoms with E-state index in [1.807, 2.05) is 67.6 Å². The summed E-state index contributed by atoms with van der Waals surface area (Å²) in [5, 5.41) is 5.77. The number of hydrogen-bond acceptors (Lipinski definition) is 9. The van der Waals surface area contributed by atoms with Crippen LogP contribution in [0.15, 0.2) is 60.7 Å². The average molecular weight is 670 g/mol. The fourth-order valence-corrected chi connectivity index (χ4v) is 5.05. The zero-order valence-corrected chi connectivity index (χ0v) is 29.5. The van der Waals surface area contributed by atoms with Crippen LogP contribution >= 0.6 is 0 Å². The van der Waals surface area contributed by atoms with E-state index in [0.717, 1.165) is 18.2 Å². The number of amides is 4. The van der Waals surface area contributed by atoms with Crippen LogP contribution in [0.3, 0.4) is 0 Å². The van der Waals surface area contributed by atoms with Gasteiger partial charge in [-0.2, -0.15) is 4.90 Å². The highest BCUT2D eigenvalue weighted by Gasteiger charge is 2.41. The number of esters is 1. The van der Waals surface area contributed by atoms with Crippen molar-refractivity contribution < 1.29 is 42.9 Å². The zero-order chi connectivity index (χ0) is 36.1. The number of rotatable bonds is 13. The lowest BCUT2D eigenvalue weighted by molar-refractivity contribution is -0.147. The van der Waals surface area contributed by atoms with E-state index in [0.29, 0.717) is 24.2 Å². The second-order valence-electron chi connectivity index (χ2n) is 13.3. The van der Waals surface area contributed by atoms with E-state index in [-0.39, 0.29) is 12.5 Å². The van der Waals surface area contributed by atoms with Crippen molar-refractivity contribution in [3.63, 3.8) is 0 Å². The van der Waals surface area contributed by atoms with E-state index in [4.69, 9.17) is 18.9 Å². The Hall–Kier alpha value is -4.61. The number of methoxy groups -OCH3 is 2. The van der Waals surface area contributed by atoms with Crippen LogP contribution in [0.25, 0.3) is 0 Å². The largest absolute Gasteiger partial charge is 0.467 e. The molecule has 3 atom stereocenters. The summed E-state index contributed by atoms with van der Waals surface area (Å²) in [5.41, 5.74) is -0.277. The fraction of sp³-hybridized carbons (Fsp3) is 0.528. The second-order valence-corrected chi connectivity index (χ2v) is 13.3. The Bertz CT molecular complexity index is 1290. The van der Waals surface area contributed by atoms with Gasteiger partial charge in [0.15, 0.2) is 0 Å². The molecule has 12 nitrogen and oxygen atoms in total. The molecule has 12 heteroatoms. The Morgan fingerprint density at radius 2 is 1.19 bits per heavy atom. The topological polar surface area (TPSA) is 150 Å². The van der Waals surface area contributed by atoms with Gasteiger partial charge in [-0.1, -0.05) is 67.6 Å². The molecular weight excluding hydrogens is 618 g/mol. The number of carbonyl (C=O) groups excluding carboxylic acids is 5. The molecular formula is C36H51N3O9. The van der Waals surface area contributed by atoms with Gasteiger partial charge in [0.2, 0.25) is 5.91 Å². The number of ether oxygens (including phenoxy) is 4. The summed E-state index contributed by atoms with van der Waals surface area (Å²) in [4.78, 5) is 66.6. The van der Waals surface area contributed by atoms with Crippen LogP contribution in [0.4, 0.5) is 14.4 Å². The smallest absolute Gasteiger partial charge is 0.420 e. The number of alkyl carbamates (subject to hydrolysis) is 1. The third-order valence-electron chi connectivity index (χ3n) is 7.23. The van der Waals surface area contributed by atoms with Crippen LogP contribution in [0, 0.1) is 0 Å². The highest BCUT2D eigenvalue weighted by molar-refractivity contribution is 5.94. The summed E-state index contributed by atoms with van der Waals surface area (Å²) in [6.07, 6.45) is -1.64. The van der Waals surface area contributed by atoms with Gasteiger partial charge in [0.05, 0.1) is 14.2 Å². The molecule has 48 heavy (non-hydrogen) atoms. The third kappa shape index (κ3) is 12.5. The summed E-state index contributed by atoms with van der Waals surface area (Å²) in [7, 11) is 2.39. The molecule has 0 aliphatic carbocycles. The van der Waals surface area contributed by atoms with Crippen molar-refractivity contribution >= 4 is 30.2 Å². The molecule has 0 heterocycles. The van der Waals surface area contributed by atoms with Gasteiger partial charge in [0.1, 0.15) is 23.3 Å². The molecule has 0 radical (unpaired) electrons. The molecule has 0 spiro atoms. The molecule has 0 aliphatic heterocycles. The van der Waals surface area contributed by atoms with E-state index in [2.05, 4.69) is 10.6 Å². The predicted octanol–water partition coefficient (Wildman–Crippen LogP) is 6.32. The van der Waals surface area contributed by atoms with Gasteiger partial charge >= 0.3 is 24.2 Å². The van der Waals surface area contributed by atoms with Gasteiger partial charge in [-0.15, -0.1) is 0 Å². The van der Waals surface area contributed by atoms with Crippen molar-refractivity contribution in [2.75, 3.05) is 14.2 Å². The summed E-state index contributed by atoms with van der Waals surface area (Å²) in [5.74, 6) is -1.79. The number of benzene rings is 2. The number of nitrogens with zero attached hydrogens (tertiary/aromatic N) is 1. The van der Waals surface area contributed by atoms with E-state index < -0.39 is 59.4 Å². The first-order valence-corrected chi connectivity index (χ1v) is 16.1. The maximum atomic E-state index is 14.0. The van der Waals surface area contributed by atoms with Gasteiger partial charge < -0.3 is 29.6 Å². The van der Waals surface area contributed by atoms with Crippen molar-refractivity contribution in [1.29, 1.82) is 0 Å². The van der Waals surface area contributed by atoms with Gasteiger partial charge in [0.25, 0.3) is 0 Å². The molecule has 1 unspecified atom stereocenters. The van der Waals surface area contributed by atoms with E-state index in [1.165, 1.54) is 7.11 Å². The Labute approximate surface area is 283 Å². The molecule has 0 bridgehead atoms. The first-order valence-electron chi connectivity index (χ1n) is 16.1. The maximum Gasteiger partial charge on any atom is 0.420 e. The summed E-state index contributed by atoms with van der Waals surface area (Å²) in [6.45, 7) is 11.7. The van der Waals surface area contributed by atoms with Gasteiger partial charge in [-0.05, 0) is 78.4 Å². The first-order chi connectivity index (χ1) is 22.5. The normalized spacial score (nSPS) is 13.4. The number of hydrogen-bond donors (Lipinski definition) is 2. The Morgan fingerprint density at radius 1 is 0.708 bits per heavy atom. The monoisotopic (exact) mass is 669 g/mol. The molecule has 0 saturated carbocycles. The van der Waals surface area contributed by atoms with E-state index >= 15 is 0 Å². The molecule has 2 aromatic carbocycles. The predicted molar refractivity (Wildman–Crippen MR) is 180 cm³/mol. The molecule has 0 fully saturated rings. The molecule has 2 aromatic rings. The van der Waals surface area contributed by atoms with Crippen LogP contribution in [0.2, 0.25) is 0 Å². The minimum atomic E-state index is -1.35. The average Bonchev–Trinajstić information content (AvgIpc) is 3.02. The minimum Gasteiger partial charge on any atom is -0.467 e. The van der Waals surface area contributed by atoms with Crippen LogP contribution in [-0.4, -0.2) is 78.6 Å². The number of carbonyl (C=O) groups is 5. The lowest BCUT2D eigenvalue weighted by atomic mass is 9.84. The second kappa shape index (κ2) is 18.1. The van der Waals surface area contributed by atoms with Crippen molar-refractivity contribution in [1.82, 2.24) is 15.5 Å². The highest BCUT2D eigenvalue weighted by Crippen LogP contribution is 2.29. The molecule has 2 rings (SSSR count). The Balaban J connectivity index is 2.33. The third-order valence-corrected chi connectivity index (χ3v) is 7.23. The van der Waals surface area contributed by atoms with E-state index in [1.54, 1.807) is 41.5 Å². The molecule has 264 valence electrons. The Kier molecular flexibility index (Phi) is 14.9. The van der Waals surface area contributed by atoms with Crippen LogP contribution in [-0.2, 0) is 28.5 Å². The van der Waals surface area contributed by atoms with Gasteiger partial charge in [-0.3, -0.25) is 4.79 Å². The zero-order valence-electron chi connectivity index (χ0n) is 29.5. The molecule has 0 aromatic heterocycles. The standard InChI is InChI=1S/C36H51N3O9/c1-10-26(22-17-23-27(31(41)45-8)39(33(43)47-35(2,3)4)34(44)48-36(5,6)7)37-30(40)29(38-32(42)46-9)28(24-18-13-11-14-19-24)25-20-15-12-16-21-25/h11-16,18-21,26-29H,10,17,22-23H2,1-9H3,(H,37,40)(H,38,42)/t26?,27-,29-/m0/s1. The van der Waals surface area contributed by atoms with Crippen LogP contribution in [0.5, 0.6) is 0 Å². The fourth-order valence-electron chi connectivity index (χ4n) is 5.05. The molecule has 2 N–H and O–H groups in total. The maximum absolute atomic E-state index is 14.0. The summed E-state index contributed by atoms with van der Waals surface area (Å²) < 4.78 is 20.8. The van der Waals surface area contributed by atoms with Crippen molar-refractivity contribution in [3.8, 4) is 0 Å². The van der Waals surface area contributed by atoms with Gasteiger partial charge in [0, 0.05) is 12.0 Å². The highest BCUT2D eigenvalue weighted by atomic mass is 16.6. The lowest BCUT2D eigenvalue weighted by Gasteiger charge is -2.32. The van der Waals surface area contributed by atoms with Gasteiger partial charge in [-0.25, -0.2) is 19.2 Å². The minimum absolute atomic E-state index is 0.0119. The lowest BCUT2D eigenvalue weighted by Crippen LogP contribution is -2.53. The number of nitrogens with one attached hydrogen (secondary N) is 2. The Morgan fingerprint density at radius 3 is 1.58 bits per heavy atom. The van der Waals surface area contributed by atoms with Crippen LogP contribution in [0.1, 0.15) is 91.2 Å². The first kappa shape index (κ1) is 39.6. The summed E-state index contributed by atoms with van der Waals surface area (Å²) in [6, 6.07) is 16.0.